The minimum Gasteiger partial charge on any atom is -0.328 e. The Morgan fingerprint density at radius 2 is 1.80 bits per heavy atom. The molecule has 0 aliphatic heterocycles. The van der Waals surface area contributed by atoms with Crippen molar-refractivity contribution in [3.63, 3.8) is 0 Å². The van der Waals surface area contributed by atoms with Gasteiger partial charge in [0, 0.05) is 6.04 Å². The molecule has 0 aromatic heterocycles. The molecular weight excluding hydrogens is 122 g/mol. The largest absolute Gasteiger partial charge is 0.328 e. The van der Waals surface area contributed by atoms with Crippen LogP contribution in [0.25, 0.3) is 0 Å². The van der Waals surface area contributed by atoms with Crippen molar-refractivity contribution in [3.05, 3.63) is 6.92 Å². The van der Waals surface area contributed by atoms with Crippen molar-refractivity contribution in [1.29, 1.82) is 0 Å². The van der Waals surface area contributed by atoms with Gasteiger partial charge >= 0.3 is 0 Å². The van der Waals surface area contributed by atoms with Crippen LogP contribution in [0.4, 0.5) is 0 Å². The monoisotopic (exact) mass is 142 g/mol. The summed E-state index contributed by atoms with van der Waals surface area (Å²) in [6.45, 7) is 5.96. The Morgan fingerprint density at radius 1 is 1.20 bits per heavy atom. The summed E-state index contributed by atoms with van der Waals surface area (Å²) in [5, 5.41) is 0. The highest BCUT2D eigenvalue weighted by molar-refractivity contribution is 4.61. The van der Waals surface area contributed by atoms with Gasteiger partial charge in [-0.25, -0.2) is 0 Å². The lowest BCUT2D eigenvalue weighted by Crippen LogP contribution is -2.14. The molecule has 1 heteroatoms. The molecule has 1 radical (unpaired) electrons. The highest BCUT2D eigenvalue weighted by Crippen LogP contribution is 2.05. The summed E-state index contributed by atoms with van der Waals surface area (Å²) < 4.78 is 0. The van der Waals surface area contributed by atoms with Gasteiger partial charge in [0.1, 0.15) is 0 Å². The summed E-state index contributed by atoms with van der Waals surface area (Å²) in [6.07, 6.45) is 7.72. The lowest BCUT2D eigenvalue weighted by molar-refractivity contribution is 0.582. The van der Waals surface area contributed by atoms with Crippen LogP contribution in [0.3, 0.4) is 0 Å². The van der Waals surface area contributed by atoms with Gasteiger partial charge in [0.15, 0.2) is 0 Å². The number of rotatable bonds is 6. The summed E-state index contributed by atoms with van der Waals surface area (Å²) in [4.78, 5) is 0. The van der Waals surface area contributed by atoms with Crippen molar-refractivity contribution in [1.82, 2.24) is 0 Å². The normalized spacial score (nSPS) is 13.5. The Kier molecular flexibility index (Phi) is 7.04. The van der Waals surface area contributed by atoms with E-state index >= 15 is 0 Å². The van der Waals surface area contributed by atoms with Crippen LogP contribution in [0.1, 0.15) is 45.4 Å². The number of unbranched alkanes of at least 4 members (excludes halogenated alkanes) is 4. The Labute approximate surface area is 65.0 Å². The lowest BCUT2D eigenvalue weighted by Gasteiger charge is -2.02. The van der Waals surface area contributed by atoms with E-state index in [-0.39, 0.29) is 6.04 Å². The second-order valence-corrected chi connectivity index (χ2v) is 2.96. The van der Waals surface area contributed by atoms with Crippen LogP contribution in [0.2, 0.25) is 0 Å². The molecule has 0 rings (SSSR count). The molecule has 1 unspecified atom stereocenters. The first-order valence-corrected chi connectivity index (χ1v) is 4.36. The SMILES string of the molecule is [CH2]C(N)CCCCCCC. The molecule has 2 N–H and O–H groups in total. The van der Waals surface area contributed by atoms with E-state index in [0.717, 1.165) is 6.42 Å². The van der Waals surface area contributed by atoms with E-state index in [1.807, 2.05) is 0 Å². The maximum atomic E-state index is 5.50. The van der Waals surface area contributed by atoms with Gasteiger partial charge in [-0.05, 0) is 13.3 Å². The topological polar surface area (TPSA) is 26.0 Å². The average molecular weight is 142 g/mol. The Hall–Kier alpha value is -0.0400. The van der Waals surface area contributed by atoms with Crippen LogP contribution in [0, 0.1) is 6.92 Å². The summed E-state index contributed by atoms with van der Waals surface area (Å²) in [5.74, 6) is 0. The first-order chi connectivity index (χ1) is 4.77. The van der Waals surface area contributed by atoms with Crippen LogP contribution in [0.15, 0.2) is 0 Å². The van der Waals surface area contributed by atoms with E-state index in [1.165, 1.54) is 32.1 Å². The standard InChI is InChI=1S/C9H20N/c1-3-4-5-6-7-8-9(2)10/h9H,2-8,10H2,1H3. The molecule has 0 spiro atoms. The van der Waals surface area contributed by atoms with Gasteiger partial charge < -0.3 is 5.73 Å². The summed E-state index contributed by atoms with van der Waals surface area (Å²) >= 11 is 0. The number of hydrogen-bond acceptors (Lipinski definition) is 1. The van der Waals surface area contributed by atoms with Gasteiger partial charge in [0.05, 0.1) is 0 Å². The van der Waals surface area contributed by atoms with Crippen molar-refractivity contribution in [2.75, 3.05) is 0 Å². The predicted octanol–water partition coefficient (Wildman–Crippen LogP) is 2.51. The summed E-state index contributed by atoms with van der Waals surface area (Å²) in [7, 11) is 0. The van der Waals surface area contributed by atoms with Crippen molar-refractivity contribution in [2.45, 2.75) is 51.5 Å². The molecule has 0 aromatic rings. The first kappa shape index (κ1) is 9.96. The zero-order chi connectivity index (χ0) is 7.82. The van der Waals surface area contributed by atoms with Crippen molar-refractivity contribution in [2.24, 2.45) is 5.73 Å². The average Bonchev–Trinajstić information content (AvgIpc) is 1.87. The molecule has 0 aliphatic carbocycles. The lowest BCUT2D eigenvalue weighted by atomic mass is 10.1. The van der Waals surface area contributed by atoms with Crippen LogP contribution in [-0.2, 0) is 0 Å². The minimum absolute atomic E-state index is 0.154. The molecule has 0 bridgehead atoms. The molecule has 10 heavy (non-hydrogen) atoms. The molecule has 1 nitrogen and oxygen atoms in total. The molecule has 0 aromatic carbocycles. The predicted molar refractivity (Wildman–Crippen MR) is 46.7 cm³/mol. The molecule has 0 amide bonds. The third-order valence-electron chi connectivity index (χ3n) is 1.68. The summed E-state index contributed by atoms with van der Waals surface area (Å²) in [6, 6.07) is 0.154. The fourth-order valence-electron chi connectivity index (χ4n) is 1.01. The Bertz CT molecular complexity index is 59.7. The van der Waals surface area contributed by atoms with Crippen molar-refractivity contribution < 1.29 is 0 Å². The minimum atomic E-state index is 0.154. The van der Waals surface area contributed by atoms with Crippen LogP contribution in [-0.4, -0.2) is 6.04 Å². The Morgan fingerprint density at radius 3 is 2.30 bits per heavy atom. The van der Waals surface area contributed by atoms with E-state index in [9.17, 15) is 0 Å². The fraction of sp³-hybridized carbons (Fsp3) is 0.889. The zero-order valence-corrected chi connectivity index (χ0v) is 7.10. The molecule has 0 saturated carbocycles. The fourth-order valence-corrected chi connectivity index (χ4v) is 1.01. The van der Waals surface area contributed by atoms with Gasteiger partial charge in [-0.3, -0.25) is 0 Å². The van der Waals surface area contributed by atoms with Crippen molar-refractivity contribution >= 4 is 0 Å². The molecule has 1 atom stereocenters. The van der Waals surface area contributed by atoms with Crippen LogP contribution >= 0.6 is 0 Å². The maximum Gasteiger partial charge on any atom is 0.00394 e. The van der Waals surface area contributed by atoms with Gasteiger partial charge in [0.2, 0.25) is 0 Å². The molecule has 0 heterocycles. The van der Waals surface area contributed by atoms with E-state index < -0.39 is 0 Å². The molecular formula is C9H20N. The second-order valence-electron chi connectivity index (χ2n) is 2.96. The molecule has 0 saturated heterocycles. The van der Waals surface area contributed by atoms with Gasteiger partial charge in [-0.2, -0.15) is 0 Å². The van der Waals surface area contributed by atoms with E-state index in [2.05, 4.69) is 13.8 Å². The molecule has 0 aliphatic rings. The van der Waals surface area contributed by atoms with Crippen molar-refractivity contribution in [3.8, 4) is 0 Å². The van der Waals surface area contributed by atoms with Gasteiger partial charge in [-0.15, -0.1) is 0 Å². The third-order valence-corrected chi connectivity index (χ3v) is 1.68. The smallest absolute Gasteiger partial charge is 0.00394 e. The molecule has 0 fully saturated rings. The highest BCUT2D eigenvalue weighted by Gasteiger charge is 1.92. The van der Waals surface area contributed by atoms with Crippen LogP contribution < -0.4 is 5.73 Å². The van der Waals surface area contributed by atoms with E-state index in [0.29, 0.717) is 0 Å². The summed E-state index contributed by atoms with van der Waals surface area (Å²) in [5.41, 5.74) is 5.50. The Balaban J connectivity index is 2.77. The van der Waals surface area contributed by atoms with E-state index in [1.54, 1.807) is 0 Å². The quantitative estimate of drug-likeness (QED) is 0.566. The highest BCUT2D eigenvalue weighted by atomic mass is 14.6. The first-order valence-electron chi connectivity index (χ1n) is 4.36. The third kappa shape index (κ3) is 7.96. The number of hydrogen-bond donors (Lipinski definition) is 1. The zero-order valence-electron chi connectivity index (χ0n) is 7.10. The van der Waals surface area contributed by atoms with E-state index in [4.69, 9.17) is 5.73 Å². The second kappa shape index (κ2) is 7.07. The molecule has 61 valence electrons. The number of nitrogens with two attached hydrogens (primary N) is 1. The van der Waals surface area contributed by atoms with Gasteiger partial charge in [0.25, 0.3) is 0 Å². The van der Waals surface area contributed by atoms with Gasteiger partial charge in [-0.1, -0.05) is 39.0 Å². The van der Waals surface area contributed by atoms with Crippen LogP contribution in [0.5, 0.6) is 0 Å². The maximum absolute atomic E-state index is 5.50.